The van der Waals surface area contributed by atoms with Crippen LogP contribution < -0.4 is 0 Å². The number of carbonyl (C=O) groups excluding carboxylic acids is 2. The highest BCUT2D eigenvalue weighted by Crippen LogP contribution is 2.25. The van der Waals surface area contributed by atoms with Gasteiger partial charge in [-0.3, -0.25) is 14.6 Å². The average molecular weight is 397 g/mol. The number of carbonyl (C=O) groups is 2. The molecule has 27 heavy (non-hydrogen) atoms. The van der Waals surface area contributed by atoms with E-state index in [9.17, 15) is 18.0 Å². The molecule has 0 radical (unpaired) electrons. The van der Waals surface area contributed by atoms with Crippen molar-refractivity contribution in [2.24, 2.45) is 5.92 Å². The van der Waals surface area contributed by atoms with Crippen molar-refractivity contribution in [3.8, 4) is 0 Å². The summed E-state index contributed by atoms with van der Waals surface area (Å²) in [5.74, 6) is -0.866. The van der Waals surface area contributed by atoms with Crippen molar-refractivity contribution in [1.29, 1.82) is 0 Å². The summed E-state index contributed by atoms with van der Waals surface area (Å²) in [7, 11) is -3.60. The van der Waals surface area contributed by atoms with Crippen LogP contribution in [0.2, 0.25) is 0 Å². The molecule has 1 aromatic heterocycles. The molecule has 1 aliphatic heterocycles. The number of nitrogens with zero attached hydrogens (tertiary/aromatic N) is 3. The molecule has 2 heterocycles. The molecule has 0 atom stereocenters. The molecule has 0 unspecified atom stereocenters. The van der Waals surface area contributed by atoms with Gasteiger partial charge in [-0.1, -0.05) is 0 Å². The molecular formula is C18H27N3O5S. The number of hydrogen-bond acceptors (Lipinski definition) is 6. The van der Waals surface area contributed by atoms with Crippen LogP contribution in [-0.4, -0.2) is 66.8 Å². The molecule has 0 saturated carbocycles. The lowest BCUT2D eigenvalue weighted by Crippen LogP contribution is -2.48. The second kappa shape index (κ2) is 9.27. The smallest absolute Gasteiger partial charge is 0.325 e. The summed E-state index contributed by atoms with van der Waals surface area (Å²) >= 11 is 0. The molecule has 1 amide bonds. The number of aromatic nitrogens is 1. The van der Waals surface area contributed by atoms with Gasteiger partial charge < -0.3 is 9.64 Å². The van der Waals surface area contributed by atoms with Crippen molar-refractivity contribution in [2.75, 3.05) is 26.2 Å². The lowest BCUT2D eigenvalue weighted by molar-refractivity contribution is -0.152. The molecule has 0 aromatic carbocycles. The quantitative estimate of drug-likeness (QED) is 0.643. The van der Waals surface area contributed by atoms with E-state index in [0.29, 0.717) is 12.8 Å². The molecule has 1 fully saturated rings. The second-order valence-electron chi connectivity index (χ2n) is 6.73. The molecule has 0 spiro atoms. The fourth-order valence-corrected chi connectivity index (χ4v) is 4.52. The largest absolute Gasteiger partial charge is 0.465 e. The van der Waals surface area contributed by atoms with Crippen LogP contribution in [0.3, 0.4) is 0 Å². The second-order valence-corrected chi connectivity index (χ2v) is 8.67. The lowest BCUT2D eigenvalue weighted by Gasteiger charge is -2.34. The van der Waals surface area contributed by atoms with Crippen molar-refractivity contribution < 1.29 is 22.7 Å². The minimum absolute atomic E-state index is 0.0848. The van der Waals surface area contributed by atoms with Gasteiger partial charge in [-0.05, 0) is 45.7 Å². The van der Waals surface area contributed by atoms with Crippen molar-refractivity contribution in [3.05, 3.63) is 24.5 Å². The van der Waals surface area contributed by atoms with Gasteiger partial charge in [-0.15, -0.1) is 0 Å². The van der Waals surface area contributed by atoms with E-state index in [2.05, 4.69) is 4.98 Å². The summed E-state index contributed by atoms with van der Waals surface area (Å²) in [5.41, 5.74) is 0. The fourth-order valence-electron chi connectivity index (χ4n) is 3.09. The summed E-state index contributed by atoms with van der Waals surface area (Å²) in [6.07, 6.45) is 3.69. The van der Waals surface area contributed by atoms with E-state index in [-0.39, 0.29) is 49.0 Å². The molecule has 0 aliphatic carbocycles. The third-order valence-corrected chi connectivity index (χ3v) is 6.47. The standard InChI is InChI=1S/C18H27N3O5S/c1-4-26-17(22)13-21(14(2)3)18(23)15-7-10-20(11-8-15)27(24,25)16-6-5-9-19-12-16/h5-6,9,12,14-15H,4,7-8,10-11,13H2,1-3H3. The Morgan fingerprint density at radius 3 is 2.52 bits per heavy atom. The molecule has 150 valence electrons. The van der Waals surface area contributed by atoms with E-state index in [0.717, 1.165) is 0 Å². The number of ether oxygens (including phenoxy) is 1. The van der Waals surface area contributed by atoms with Gasteiger partial charge in [0.15, 0.2) is 0 Å². The van der Waals surface area contributed by atoms with Crippen LogP contribution in [-0.2, 0) is 24.3 Å². The van der Waals surface area contributed by atoms with Gasteiger partial charge in [-0.2, -0.15) is 4.31 Å². The van der Waals surface area contributed by atoms with Gasteiger partial charge in [0.05, 0.1) is 6.61 Å². The van der Waals surface area contributed by atoms with Gasteiger partial charge in [0.2, 0.25) is 15.9 Å². The SMILES string of the molecule is CCOC(=O)CN(C(=O)C1CCN(S(=O)(=O)c2cccnc2)CC1)C(C)C. The first-order valence-corrected chi connectivity index (χ1v) is 10.6. The minimum atomic E-state index is -3.60. The first-order chi connectivity index (χ1) is 12.8. The van der Waals surface area contributed by atoms with E-state index in [1.54, 1.807) is 13.0 Å². The van der Waals surface area contributed by atoms with Crippen LogP contribution in [0.25, 0.3) is 0 Å². The number of piperidine rings is 1. The van der Waals surface area contributed by atoms with E-state index >= 15 is 0 Å². The highest BCUT2D eigenvalue weighted by atomic mass is 32.2. The maximum absolute atomic E-state index is 12.8. The number of amides is 1. The Labute approximate surface area is 160 Å². The van der Waals surface area contributed by atoms with Gasteiger partial charge in [0, 0.05) is 37.4 Å². The Bertz CT molecular complexity index is 744. The van der Waals surface area contributed by atoms with E-state index in [4.69, 9.17) is 4.74 Å². The summed E-state index contributed by atoms with van der Waals surface area (Å²) in [5, 5.41) is 0. The van der Waals surface area contributed by atoms with Crippen LogP contribution in [0.5, 0.6) is 0 Å². The molecule has 1 aromatic rings. The molecule has 1 saturated heterocycles. The molecule has 0 bridgehead atoms. The summed E-state index contributed by atoms with van der Waals surface area (Å²) in [6.45, 7) is 6.12. The molecule has 9 heteroatoms. The lowest BCUT2D eigenvalue weighted by atomic mass is 9.96. The average Bonchev–Trinajstić information content (AvgIpc) is 2.66. The predicted molar refractivity (Wildman–Crippen MR) is 99.2 cm³/mol. The zero-order valence-corrected chi connectivity index (χ0v) is 16.8. The predicted octanol–water partition coefficient (Wildman–Crippen LogP) is 1.28. The molecular weight excluding hydrogens is 370 g/mol. The van der Waals surface area contributed by atoms with Crippen molar-refractivity contribution >= 4 is 21.9 Å². The zero-order valence-electron chi connectivity index (χ0n) is 16.0. The van der Waals surface area contributed by atoms with Gasteiger partial charge in [-0.25, -0.2) is 8.42 Å². The topological polar surface area (TPSA) is 96.9 Å². The Hall–Kier alpha value is -2.00. The van der Waals surface area contributed by atoms with Crippen molar-refractivity contribution in [1.82, 2.24) is 14.2 Å². The van der Waals surface area contributed by atoms with E-state index in [1.807, 2.05) is 13.8 Å². The zero-order chi connectivity index (χ0) is 20.0. The summed E-state index contributed by atoms with van der Waals surface area (Å²) in [4.78, 5) is 30.1. The van der Waals surface area contributed by atoms with Gasteiger partial charge in [0.1, 0.15) is 11.4 Å². The van der Waals surface area contributed by atoms with E-state index < -0.39 is 16.0 Å². The molecule has 1 aliphatic rings. The third kappa shape index (κ3) is 5.26. The van der Waals surface area contributed by atoms with Crippen molar-refractivity contribution in [3.63, 3.8) is 0 Å². The van der Waals surface area contributed by atoms with Crippen LogP contribution >= 0.6 is 0 Å². The number of pyridine rings is 1. The van der Waals surface area contributed by atoms with Crippen LogP contribution in [0.15, 0.2) is 29.4 Å². The normalized spacial score (nSPS) is 16.3. The Kier molecular flexibility index (Phi) is 7.32. The Morgan fingerprint density at radius 1 is 1.33 bits per heavy atom. The van der Waals surface area contributed by atoms with Crippen LogP contribution in [0.1, 0.15) is 33.6 Å². The third-order valence-electron chi connectivity index (χ3n) is 4.59. The monoisotopic (exact) mass is 397 g/mol. The summed E-state index contributed by atoms with van der Waals surface area (Å²) in [6, 6.07) is 2.96. The Balaban J connectivity index is 2.01. The van der Waals surface area contributed by atoms with Gasteiger partial charge >= 0.3 is 5.97 Å². The van der Waals surface area contributed by atoms with Crippen LogP contribution in [0, 0.1) is 5.92 Å². The van der Waals surface area contributed by atoms with Gasteiger partial charge in [0.25, 0.3) is 0 Å². The number of esters is 1. The first-order valence-electron chi connectivity index (χ1n) is 9.13. The molecule has 2 rings (SSSR count). The van der Waals surface area contributed by atoms with Crippen LogP contribution in [0.4, 0.5) is 0 Å². The number of hydrogen-bond donors (Lipinski definition) is 0. The van der Waals surface area contributed by atoms with Crippen molar-refractivity contribution in [2.45, 2.75) is 44.6 Å². The number of rotatable bonds is 7. The maximum atomic E-state index is 12.8. The molecule has 8 nitrogen and oxygen atoms in total. The Morgan fingerprint density at radius 2 is 2.00 bits per heavy atom. The highest BCUT2D eigenvalue weighted by Gasteiger charge is 2.35. The minimum Gasteiger partial charge on any atom is -0.465 e. The van der Waals surface area contributed by atoms with E-state index in [1.165, 1.54) is 27.7 Å². The first kappa shape index (κ1) is 21.3. The molecule has 0 N–H and O–H groups in total. The maximum Gasteiger partial charge on any atom is 0.325 e. The fraction of sp³-hybridized carbons (Fsp3) is 0.611. The highest BCUT2D eigenvalue weighted by molar-refractivity contribution is 7.89. The summed E-state index contributed by atoms with van der Waals surface area (Å²) < 4.78 is 31.6. The number of sulfonamides is 1.